The summed E-state index contributed by atoms with van der Waals surface area (Å²) in [6.45, 7) is 1.86. The Bertz CT molecular complexity index is 494. The lowest BCUT2D eigenvalue weighted by Gasteiger charge is -2.04. The van der Waals surface area contributed by atoms with Gasteiger partial charge in [-0.05, 0) is 24.6 Å². The number of hydrogen-bond donors (Lipinski definition) is 1. The smallest absolute Gasteiger partial charge is 0.314 e. The van der Waals surface area contributed by atoms with Gasteiger partial charge in [-0.1, -0.05) is 12.1 Å². The summed E-state index contributed by atoms with van der Waals surface area (Å²) in [6.07, 6.45) is -2.75. The largest absolute Gasteiger partial charge is 0.415 e. The molecule has 0 radical (unpaired) electrons. The molecule has 2 aromatic rings. The van der Waals surface area contributed by atoms with Crippen LogP contribution in [0.3, 0.4) is 0 Å². The second-order valence-corrected chi connectivity index (χ2v) is 3.66. The van der Waals surface area contributed by atoms with Gasteiger partial charge in [0.2, 0.25) is 5.89 Å². The lowest BCUT2D eigenvalue weighted by Crippen LogP contribution is -2.04. The minimum atomic E-state index is -2.75. The molecule has 0 saturated heterocycles. The van der Waals surface area contributed by atoms with Crippen LogP contribution in [-0.4, -0.2) is 10.2 Å². The zero-order valence-corrected chi connectivity index (χ0v) is 9.10. The van der Waals surface area contributed by atoms with Crippen LogP contribution in [0.5, 0.6) is 0 Å². The van der Waals surface area contributed by atoms with E-state index in [9.17, 15) is 8.78 Å². The molecule has 0 aliphatic heterocycles. The second-order valence-electron chi connectivity index (χ2n) is 3.66. The molecule has 6 heteroatoms. The van der Waals surface area contributed by atoms with Crippen molar-refractivity contribution < 1.29 is 13.2 Å². The molecule has 0 amide bonds. The number of nitrogens with two attached hydrogens (primary N) is 1. The van der Waals surface area contributed by atoms with E-state index in [0.29, 0.717) is 5.56 Å². The van der Waals surface area contributed by atoms with E-state index in [4.69, 9.17) is 10.2 Å². The highest BCUT2D eigenvalue weighted by molar-refractivity contribution is 5.53. The molecule has 1 heterocycles. The Morgan fingerprint density at radius 2 is 1.82 bits per heavy atom. The number of alkyl halides is 2. The maximum Gasteiger partial charge on any atom is 0.314 e. The Morgan fingerprint density at radius 3 is 2.29 bits per heavy atom. The minimum absolute atomic E-state index is 0.0801. The Balaban J connectivity index is 2.27. The minimum Gasteiger partial charge on any atom is -0.415 e. The van der Waals surface area contributed by atoms with Gasteiger partial charge in [0.25, 0.3) is 5.89 Å². The van der Waals surface area contributed by atoms with Gasteiger partial charge in [-0.25, -0.2) is 0 Å². The van der Waals surface area contributed by atoms with Crippen LogP contribution < -0.4 is 5.73 Å². The molecule has 4 nitrogen and oxygen atoms in total. The van der Waals surface area contributed by atoms with Gasteiger partial charge < -0.3 is 10.2 Å². The van der Waals surface area contributed by atoms with Crippen molar-refractivity contribution in [3.05, 3.63) is 35.7 Å². The standard InChI is InChI=1S/C11H11F2N3O/c1-6(14)7-2-4-8(5-3-7)10-15-16-11(17-10)9(12)13/h2-6,9H,14H2,1H3. The van der Waals surface area contributed by atoms with Gasteiger partial charge in [0, 0.05) is 11.6 Å². The van der Waals surface area contributed by atoms with Crippen LogP contribution in [-0.2, 0) is 0 Å². The summed E-state index contributed by atoms with van der Waals surface area (Å²) >= 11 is 0. The zero-order valence-electron chi connectivity index (χ0n) is 9.10. The number of benzene rings is 1. The monoisotopic (exact) mass is 239 g/mol. The SMILES string of the molecule is CC(N)c1ccc(-c2nnc(C(F)F)o2)cc1. The van der Waals surface area contributed by atoms with E-state index in [1.165, 1.54) is 0 Å². The molecule has 2 rings (SSSR count). The van der Waals surface area contributed by atoms with Crippen molar-refractivity contribution in [1.29, 1.82) is 0 Å². The van der Waals surface area contributed by atoms with Crippen molar-refractivity contribution in [3.8, 4) is 11.5 Å². The molecule has 17 heavy (non-hydrogen) atoms. The predicted octanol–water partition coefficient (Wildman–Crippen LogP) is 2.69. The molecule has 1 atom stereocenters. The van der Waals surface area contributed by atoms with E-state index in [2.05, 4.69) is 10.2 Å². The van der Waals surface area contributed by atoms with Gasteiger partial charge in [0.1, 0.15) is 0 Å². The van der Waals surface area contributed by atoms with Crippen LogP contribution in [0.25, 0.3) is 11.5 Å². The van der Waals surface area contributed by atoms with Crippen molar-refractivity contribution in [2.45, 2.75) is 19.4 Å². The highest BCUT2D eigenvalue weighted by atomic mass is 19.3. The van der Waals surface area contributed by atoms with E-state index in [-0.39, 0.29) is 11.9 Å². The highest BCUT2D eigenvalue weighted by Gasteiger charge is 2.16. The van der Waals surface area contributed by atoms with E-state index in [1.807, 2.05) is 6.92 Å². The van der Waals surface area contributed by atoms with Crippen LogP contribution >= 0.6 is 0 Å². The summed E-state index contributed by atoms with van der Waals surface area (Å²) < 4.78 is 29.3. The van der Waals surface area contributed by atoms with Crippen molar-refractivity contribution in [3.63, 3.8) is 0 Å². The zero-order chi connectivity index (χ0) is 12.4. The van der Waals surface area contributed by atoms with Gasteiger partial charge in [-0.15, -0.1) is 10.2 Å². The molecule has 90 valence electrons. The van der Waals surface area contributed by atoms with Crippen LogP contribution in [0.1, 0.15) is 30.8 Å². The summed E-state index contributed by atoms with van der Waals surface area (Å²) in [7, 11) is 0. The van der Waals surface area contributed by atoms with E-state index in [1.54, 1.807) is 24.3 Å². The normalized spacial score (nSPS) is 13.0. The molecular formula is C11H11F2N3O. The maximum atomic E-state index is 12.3. The first kappa shape index (κ1) is 11.7. The summed E-state index contributed by atoms with van der Waals surface area (Å²) in [4.78, 5) is 0. The molecule has 0 spiro atoms. The summed E-state index contributed by atoms with van der Waals surface area (Å²) in [5.74, 6) is -0.590. The fourth-order valence-corrected chi connectivity index (χ4v) is 1.37. The Kier molecular flexibility index (Phi) is 3.14. The average Bonchev–Trinajstić information content (AvgIpc) is 2.78. The molecule has 0 saturated carbocycles. The fraction of sp³-hybridized carbons (Fsp3) is 0.273. The van der Waals surface area contributed by atoms with Crippen molar-refractivity contribution in [2.24, 2.45) is 5.73 Å². The molecule has 1 aromatic heterocycles. The number of nitrogens with zero attached hydrogens (tertiary/aromatic N) is 2. The molecule has 1 aromatic carbocycles. The molecule has 0 bridgehead atoms. The third-order valence-corrected chi connectivity index (χ3v) is 2.31. The van der Waals surface area contributed by atoms with Gasteiger partial charge >= 0.3 is 6.43 Å². The number of aromatic nitrogens is 2. The van der Waals surface area contributed by atoms with Crippen LogP contribution in [0, 0.1) is 0 Å². The Morgan fingerprint density at radius 1 is 1.18 bits per heavy atom. The first-order valence-corrected chi connectivity index (χ1v) is 5.05. The summed E-state index contributed by atoms with van der Waals surface area (Å²) in [5, 5.41) is 6.81. The molecule has 2 N–H and O–H groups in total. The number of halogens is 2. The van der Waals surface area contributed by atoms with Crippen LogP contribution in [0.2, 0.25) is 0 Å². The molecule has 0 aliphatic carbocycles. The van der Waals surface area contributed by atoms with Gasteiger partial charge in [-0.2, -0.15) is 8.78 Å². The fourth-order valence-electron chi connectivity index (χ4n) is 1.37. The Hall–Kier alpha value is -1.82. The lowest BCUT2D eigenvalue weighted by molar-refractivity contribution is 0.116. The topological polar surface area (TPSA) is 64.9 Å². The van der Waals surface area contributed by atoms with Crippen molar-refractivity contribution in [2.75, 3.05) is 0 Å². The van der Waals surface area contributed by atoms with Gasteiger partial charge in [0.05, 0.1) is 0 Å². The number of hydrogen-bond acceptors (Lipinski definition) is 4. The van der Waals surface area contributed by atoms with Gasteiger partial charge in [0.15, 0.2) is 0 Å². The molecule has 0 aliphatic rings. The summed E-state index contributed by atoms with van der Waals surface area (Å²) in [6, 6.07) is 6.94. The lowest BCUT2D eigenvalue weighted by atomic mass is 10.1. The number of rotatable bonds is 3. The first-order chi connectivity index (χ1) is 8.08. The third kappa shape index (κ3) is 2.47. The molecule has 0 fully saturated rings. The van der Waals surface area contributed by atoms with Gasteiger partial charge in [-0.3, -0.25) is 0 Å². The van der Waals surface area contributed by atoms with Crippen molar-refractivity contribution >= 4 is 0 Å². The van der Waals surface area contributed by atoms with E-state index in [0.717, 1.165) is 5.56 Å². The van der Waals surface area contributed by atoms with E-state index >= 15 is 0 Å². The molecule has 1 unspecified atom stereocenters. The quantitative estimate of drug-likeness (QED) is 0.894. The predicted molar refractivity (Wildman–Crippen MR) is 57.3 cm³/mol. The average molecular weight is 239 g/mol. The third-order valence-electron chi connectivity index (χ3n) is 2.31. The maximum absolute atomic E-state index is 12.3. The van der Waals surface area contributed by atoms with Crippen LogP contribution in [0.15, 0.2) is 28.7 Å². The second kappa shape index (κ2) is 4.58. The van der Waals surface area contributed by atoms with Crippen molar-refractivity contribution in [1.82, 2.24) is 10.2 Å². The summed E-state index contributed by atoms with van der Waals surface area (Å²) in [5.41, 5.74) is 7.23. The highest BCUT2D eigenvalue weighted by Crippen LogP contribution is 2.24. The molecular weight excluding hydrogens is 228 g/mol. The van der Waals surface area contributed by atoms with E-state index < -0.39 is 12.3 Å². The Labute approximate surface area is 96.5 Å². The van der Waals surface area contributed by atoms with Crippen LogP contribution in [0.4, 0.5) is 8.78 Å². The first-order valence-electron chi connectivity index (χ1n) is 5.05.